The van der Waals surface area contributed by atoms with Gasteiger partial charge in [0, 0.05) is 29.3 Å². The molecule has 2 aliphatic carbocycles. The third-order valence-electron chi connectivity index (χ3n) is 8.11. The third kappa shape index (κ3) is 5.19. The maximum absolute atomic E-state index is 14.0. The number of nitrogens with one attached hydrogen (secondary N) is 1. The van der Waals surface area contributed by atoms with Gasteiger partial charge in [0.25, 0.3) is 0 Å². The van der Waals surface area contributed by atoms with Gasteiger partial charge >= 0.3 is 5.97 Å². The van der Waals surface area contributed by atoms with Crippen LogP contribution in [0.4, 0.5) is 0 Å². The van der Waals surface area contributed by atoms with Crippen molar-refractivity contribution < 1.29 is 33.6 Å². The SMILES string of the molecule is COc1ccc(C2CC(=O)C3=C(C2)NC(C)=C(C(=O)OC2CCCC2)C3c2cc(Br)c(O)c(OC)c2)cc1OC. The molecule has 8 nitrogen and oxygen atoms in total. The van der Waals surface area contributed by atoms with E-state index in [1.54, 1.807) is 26.4 Å². The van der Waals surface area contributed by atoms with Gasteiger partial charge in [0.05, 0.1) is 31.4 Å². The topological polar surface area (TPSA) is 103 Å². The van der Waals surface area contributed by atoms with E-state index >= 15 is 0 Å². The lowest BCUT2D eigenvalue weighted by molar-refractivity contribution is -0.144. The molecule has 0 saturated heterocycles. The number of Topliss-reactive ketones (excluding diaryl/α,β-unsaturated/α-hetero) is 1. The number of ketones is 1. The van der Waals surface area contributed by atoms with Crippen LogP contribution in [0, 0.1) is 0 Å². The minimum Gasteiger partial charge on any atom is -0.503 e. The molecule has 2 unspecified atom stereocenters. The largest absolute Gasteiger partial charge is 0.503 e. The van der Waals surface area contributed by atoms with Gasteiger partial charge in [-0.1, -0.05) is 6.07 Å². The Balaban J connectivity index is 1.58. The number of dihydropyridines is 1. The highest BCUT2D eigenvalue weighted by molar-refractivity contribution is 9.10. The molecule has 40 heavy (non-hydrogen) atoms. The zero-order chi connectivity index (χ0) is 28.6. The van der Waals surface area contributed by atoms with Gasteiger partial charge in [-0.15, -0.1) is 0 Å². The standard InChI is InChI=1S/C31H34BrNO7/c1-16-27(31(36)40-20-7-5-6-8-20)28(19-11-21(32)30(35)26(15-19)39-4)29-22(33-16)12-18(13-23(29)34)17-9-10-24(37-2)25(14-17)38-3/h9-11,14-15,18,20,28,33,35H,5-8,12-13H2,1-4H3. The average Bonchev–Trinajstić information content (AvgIpc) is 3.46. The Hall–Kier alpha value is -3.46. The molecule has 9 heteroatoms. The van der Waals surface area contributed by atoms with E-state index < -0.39 is 11.9 Å². The fraction of sp³-hybridized carbons (Fsp3) is 0.419. The molecular weight excluding hydrogens is 578 g/mol. The van der Waals surface area contributed by atoms with E-state index in [4.69, 9.17) is 18.9 Å². The van der Waals surface area contributed by atoms with Crippen molar-refractivity contribution in [3.8, 4) is 23.0 Å². The summed E-state index contributed by atoms with van der Waals surface area (Å²) in [5.41, 5.74) is 4.00. The average molecular weight is 613 g/mol. The molecule has 1 aliphatic heterocycles. The lowest BCUT2D eigenvalue weighted by Crippen LogP contribution is -2.36. The van der Waals surface area contributed by atoms with Crippen LogP contribution in [0.1, 0.15) is 68.4 Å². The van der Waals surface area contributed by atoms with Gasteiger partial charge in [-0.3, -0.25) is 4.79 Å². The highest BCUT2D eigenvalue weighted by Crippen LogP contribution is 2.49. The molecule has 2 N–H and O–H groups in total. The number of phenolic OH excluding ortho intramolecular Hbond substituents is 1. The molecule has 2 atom stereocenters. The number of allylic oxidation sites excluding steroid dienone is 3. The number of rotatable bonds is 7. The van der Waals surface area contributed by atoms with Gasteiger partial charge in [0.2, 0.25) is 0 Å². The maximum atomic E-state index is 14.0. The summed E-state index contributed by atoms with van der Waals surface area (Å²) >= 11 is 3.42. The molecular formula is C31H34BrNO7. The maximum Gasteiger partial charge on any atom is 0.337 e. The first-order chi connectivity index (χ1) is 19.2. The van der Waals surface area contributed by atoms with Crippen molar-refractivity contribution in [3.63, 3.8) is 0 Å². The second-order valence-electron chi connectivity index (χ2n) is 10.5. The number of benzene rings is 2. The number of ether oxygens (including phenoxy) is 4. The van der Waals surface area contributed by atoms with Crippen molar-refractivity contribution >= 4 is 27.7 Å². The summed E-state index contributed by atoms with van der Waals surface area (Å²) in [4.78, 5) is 27.7. The lowest BCUT2D eigenvalue weighted by Gasteiger charge is -2.37. The number of hydrogen-bond acceptors (Lipinski definition) is 8. The van der Waals surface area contributed by atoms with Crippen molar-refractivity contribution in [2.24, 2.45) is 0 Å². The second kappa shape index (κ2) is 11.6. The van der Waals surface area contributed by atoms with Crippen LogP contribution in [0.25, 0.3) is 0 Å². The summed E-state index contributed by atoms with van der Waals surface area (Å²) in [6, 6.07) is 9.15. The molecule has 0 aromatic heterocycles. The smallest absolute Gasteiger partial charge is 0.337 e. The Kier molecular flexibility index (Phi) is 8.12. The number of esters is 1. The van der Waals surface area contributed by atoms with Crippen LogP contribution in [0.2, 0.25) is 0 Å². The molecule has 3 aliphatic rings. The highest BCUT2D eigenvalue weighted by Gasteiger charge is 2.42. The lowest BCUT2D eigenvalue weighted by atomic mass is 9.71. The van der Waals surface area contributed by atoms with Gasteiger partial charge in [0.15, 0.2) is 28.8 Å². The summed E-state index contributed by atoms with van der Waals surface area (Å²) in [6.07, 6.45) is 4.47. The summed E-state index contributed by atoms with van der Waals surface area (Å²) in [7, 11) is 4.64. The predicted molar refractivity (Wildman–Crippen MR) is 153 cm³/mol. The minimum absolute atomic E-state index is 0.0475. The van der Waals surface area contributed by atoms with Crippen molar-refractivity contribution in [3.05, 3.63) is 68.5 Å². The van der Waals surface area contributed by atoms with Crippen LogP contribution in [0.5, 0.6) is 23.0 Å². The quantitative estimate of drug-likeness (QED) is 0.366. The first kappa shape index (κ1) is 28.1. The van der Waals surface area contributed by atoms with Crippen LogP contribution in [0.15, 0.2) is 57.3 Å². The van der Waals surface area contributed by atoms with E-state index in [1.165, 1.54) is 7.11 Å². The first-order valence-electron chi connectivity index (χ1n) is 13.5. The van der Waals surface area contributed by atoms with Crippen LogP contribution in [-0.2, 0) is 14.3 Å². The van der Waals surface area contributed by atoms with Gasteiger partial charge < -0.3 is 29.4 Å². The molecule has 1 heterocycles. The molecule has 1 fully saturated rings. The minimum atomic E-state index is -0.671. The molecule has 0 spiro atoms. The van der Waals surface area contributed by atoms with Gasteiger partial charge in [-0.05, 0) is 96.3 Å². The summed E-state index contributed by atoms with van der Waals surface area (Å²) in [5.74, 6) is 0.198. The molecule has 5 rings (SSSR count). The fourth-order valence-electron chi connectivity index (χ4n) is 6.12. The zero-order valence-corrected chi connectivity index (χ0v) is 24.7. The number of hydrogen-bond donors (Lipinski definition) is 2. The predicted octanol–water partition coefficient (Wildman–Crippen LogP) is 6.03. The fourth-order valence-corrected chi connectivity index (χ4v) is 6.58. The Morgan fingerprint density at radius 3 is 2.30 bits per heavy atom. The number of aromatic hydroxyl groups is 1. The van der Waals surface area contributed by atoms with Crippen molar-refractivity contribution in [1.82, 2.24) is 5.32 Å². The van der Waals surface area contributed by atoms with Crippen LogP contribution in [-0.4, -0.2) is 44.3 Å². The Morgan fingerprint density at radius 2 is 1.62 bits per heavy atom. The van der Waals surface area contributed by atoms with Gasteiger partial charge in [-0.2, -0.15) is 0 Å². The Bertz CT molecular complexity index is 1410. The number of phenols is 1. The molecule has 0 amide bonds. The van der Waals surface area contributed by atoms with Crippen molar-refractivity contribution in [2.45, 2.75) is 63.4 Å². The summed E-state index contributed by atoms with van der Waals surface area (Å²) in [5, 5.41) is 13.9. The Labute approximate surface area is 242 Å². The van der Waals surface area contributed by atoms with Gasteiger partial charge in [-0.25, -0.2) is 4.79 Å². The van der Waals surface area contributed by atoms with E-state index in [0.717, 1.165) is 36.9 Å². The van der Waals surface area contributed by atoms with Crippen LogP contribution >= 0.6 is 15.9 Å². The van der Waals surface area contributed by atoms with Crippen LogP contribution < -0.4 is 19.5 Å². The highest BCUT2D eigenvalue weighted by atomic mass is 79.9. The monoisotopic (exact) mass is 611 g/mol. The summed E-state index contributed by atoms with van der Waals surface area (Å²) in [6.45, 7) is 1.85. The normalized spacial score (nSPS) is 21.2. The molecule has 0 bridgehead atoms. The van der Waals surface area contributed by atoms with E-state index in [-0.39, 0.29) is 35.7 Å². The molecule has 212 valence electrons. The van der Waals surface area contributed by atoms with Crippen molar-refractivity contribution in [1.29, 1.82) is 0 Å². The van der Waals surface area contributed by atoms with Crippen molar-refractivity contribution in [2.75, 3.05) is 21.3 Å². The van der Waals surface area contributed by atoms with Crippen LogP contribution in [0.3, 0.4) is 0 Å². The number of methoxy groups -OCH3 is 3. The zero-order valence-electron chi connectivity index (χ0n) is 23.1. The Morgan fingerprint density at radius 1 is 0.950 bits per heavy atom. The summed E-state index contributed by atoms with van der Waals surface area (Å²) < 4.78 is 22.7. The molecule has 1 saturated carbocycles. The van der Waals surface area contributed by atoms with E-state index in [0.29, 0.717) is 44.8 Å². The second-order valence-corrected chi connectivity index (χ2v) is 11.4. The molecule has 2 aromatic carbocycles. The van der Waals surface area contributed by atoms with E-state index in [2.05, 4.69) is 21.2 Å². The number of carbonyl (C=O) groups excluding carboxylic acids is 2. The third-order valence-corrected chi connectivity index (χ3v) is 8.71. The molecule has 0 radical (unpaired) electrons. The van der Waals surface area contributed by atoms with E-state index in [9.17, 15) is 14.7 Å². The van der Waals surface area contributed by atoms with Gasteiger partial charge in [0.1, 0.15) is 6.10 Å². The number of halogens is 1. The first-order valence-corrected chi connectivity index (χ1v) is 14.3. The van der Waals surface area contributed by atoms with E-state index in [1.807, 2.05) is 25.1 Å². The number of carbonyl (C=O) groups is 2. The molecule has 2 aromatic rings.